The summed E-state index contributed by atoms with van der Waals surface area (Å²) in [6, 6.07) is 1.55. The summed E-state index contributed by atoms with van der Waals surface area (Å²) in [6.07, 6.45) is 2.43. The lowest BCUT2D eigenvalue weighted by atomic mass is 10.1. The van der Waals surface area contributed by atoms with E-state index in [9.17, 15) is 14.7 Å². The number of likely N-dealkylation sites (tertiary alicyclic amines) is 1. The molecule has 2 heterocycles. The van der Waals surface area contributed by atoms with E-state index in [2.05, 4.69) is 10.4 Å². The van der Waals surface area contributed by atoms with Crippen molar-refractivity contribution in [2.45, 2.75) is 18.9 Å². The van der Waals surface area contributed by atoms with Gasteiger partial charge in [0.25, 0.3) is 5.56 Å². The molecule has 0 aliphatic carbocycles. The second-order valence-electron chi connectivity index (χ2n) is 4.64. The molecule has 0 atom stereocenters. The Morgan fingerprint density at radius 3 is 2.89 bits per heavy atom. The Morgan fingerprint density at radius 2 is 2.21 bits per heavy atom. The van der Waals surface area contributed by atoms with Crippen LogP contribution in [0.2, 0.25) is 0 Å². The van der Waals surface area contributed by atoms with Gasteiger partial charge in [-0.05, 0) is 18.9 Å². The van der Waals surface area contributed by atoms with Crippen LogP contribution in [0.3, 0.4) is 0 Å². The minimum absolute atomic E-state index is 0.0641. The highest BCUT2D eigenvalue weighted by atomic mass is 16.3. The molecule has 1 aromatic rings. The van der Waals surface area contributed by atoms with E-state index in [0.717, 1.165) is 0 Å². The number of carbonyl (C=O) groups is 1. The SMILES string of the molecule is Cn1nccc(NCC(=O)N2CCC(O)CC2)c1=O. The third-order valence-corrected chi connectivity index (χ3v) is 3.25. The van der Waals surface area contributed by atoms with Crippen molar-refractivity contribution in [3.63, 3.8) is 0 Å². The number of anilines is 1. The van der Waals surface area contributed by atoms with Gasteiger partial charge in [-0.1, -0.05) is 0 Å². The fourth-order valence-electron chi connectivity index (χ4n) is 2.04. The Labute approximate surface area is 110 Å². The van der Waals surface area contributed by atoms with Crippen molar-refractivity contribution in [2.24, 2.45) is 7.05 Å². The molecule has 19 heavy (non-hydrogen) atoms. The van der Waals surface area contributed by atoms with Crippen molar-refractivity contribution in [3.05, 3.63) is 22.6 Å². The first-order valence-corrected chi connectivity index (χ1v) is 6.30. The molecule has 104 valence electrons. The number of nitrogens with zero attached hydrogens (tertiary/aromatic N) is 3. The number of aromatic nitrogens is 2. The lowest BCUT2D eigenvalue weighted by Crippen LogP contribution is -2.43. The van der Waals surface area contributed by atoms with Crippen molar-refractivity contribution < 1.29 is 9.90 Å². The van der Waals surface area contributed by atoms with Gasteiger partial charge in [-0.15, -0.1) is 0 Å². The molecule has 0 radical (unpaired) electrons. The number of aliphatic hydroxyl groups is 1. The number of amides is 1. The van der Waals surface area contributed by atoms with Crippen LogP contribution in [0.25, 0.3) is 0 Å². The number of rotatable bonds is 3. The molecule has 7 nitrogen and oxygen atoms in total. The molecule has 7 heteroatoms. The molecule has 1 aliphatic heterocycles. The van der Waals surface area contributed by atoms with Gasteiger partial charge in [0.2, 0.25) is 5.91 Å². The largest absolute Gasteiger partial charge is 0.393 e. The van der Waals surface area contributed by atoms with Crippen LogP contribution in [0, 0.1) is 0 Å². The average molecular weight is 266 g/mol. The molecule has 0 bridgehead atoms. The molecule has 0 spiro atoms. The number of aryl methyl sites for hydroxylation is 1. The molecule has 1 saturated heterocycles. The monoisotopic (exact) mass is 266 g/mol. The number of carbonyl (C=O) groups excluding carboxylic acids is 1. The molecular weight excluding hydrogens is 248 g/mol. The average Bonchev–Trinajstić information content (AvgIpc) is 2.41. The summed E-state index contributed by atoms with van der Waals surface area (Å²) in [7, 11) is 1.56. The van der Waals surface area contributed by atoms with E-state index in [0.29, 0.717) is 31.6 Å². The van der Waals surface area contributed by atoms with Crippen LogP contribution in [-0.4, -0.2) is 51.4 Å². The lowest BCUT2D eigenvalue weighted by Gasteiger charge is -2.29. The topological polar surface area (TPSA) is 87.5 Å². The molecule has 0 saturated carbocycles. The highest BCUT2D eigenvalue weighted by Gasteiger charge is 2.20. The van der Waals surface area contributed by atoms with E-state index in [1.165, 1.54) is 10.9 Å². The fraction of sp³-hybridized carbons (Fsp3) is 0.583. The molecule has 2 N–H and O–H groups in total. The van der Waals surface area contributed by atoms with Crippen LogP contribution in [0.1, 0.15) is 12.8 Å². The molecule has 1 amide bonds. The van der Waals surface area contributed by atoms with E-state index in [4.69, 9.17) is 0 Å². The van der Waals surface area contributed by atoms with Crippen molar-refractivity contribution in [3.8, 4) is 0 Å². The number of hydrogen-bond donors (Lipinski definition) is 2. The van der Waals surface area contributed by atoms with Crippen molar-refractivity contribution in [1.82, 2.24) is 14.7 Å². The van der Waals surface area contributed by atoms with Crippen molar-refractivity contribution >= 4 is 11.6 Å². The van der Waals surface area contributed by atoms with Crippen LogP contribution in [0.15, 0.2) is 17.1 Å². The summed E-state index contributed by atoms with van der Waals surface area (Å²) in [4.78, 5) is 25.3. The van der Waals surface area contributed by atoms with E-state index in [1.807, 2.05) is 0 Å². The number of nitrogens with one attached hydrogen (secondary N) is 1. The first-order valence-electron chi connectivity index (χ1n) is 6.30. The summed E-state index contributed by atoms with van der Waals surface area (Å²) in [5, 5.41) is 16.0. The summed E-state index contributed by atoms with van der Waals surface area (Å²) in [5.74, 6) is -0.0641. The van der Waals surface area contributed by atoms with Gasteiger partial charge in [0, 0.05) is 26.3 Å². The maximum atomic E-state index is 11.9. The van der Waals surface area contributed by atoms with E-state index < -0.39 is 0 Å². The Kier molecular flexibility index (Phi) is 4.16. The number of hydrogen-bond acceptors (Lipinski definition) is 5. The Hall–Kier alpha value is -1.89. The molecular formula is C12H18N4O3. The number of aliphatic hydroxyl groups excluding tert-OH is 1. The standard InChI is InChI=1S/C12H18N4O3/c1-15-12(19)10(2-5-14-15)13-8-11(18)16-6-3-9(17)4-7-16/h2,5,9,13,17H,3-4,6-8H2,1H3. The van der Waals surface area contributed by atoms with Gasteiger partial charge in [0.15, 0.2) is 0 Å². The Balaban J connectivity index is 1.90. The van der Waals surface area contributed by atoms with Crippen molar-refractivity contribution in [1.29, 1.82) is 0 Å². The fourth-order valence-corrected chi connectivity index (χ4v) is 2.04. The first-order chi connectivity index (χ1) is 9.08. The molecule has 1 fully saturated rings. The summed E-state index contributed by atoms with van der Waals surface area (Å²) >= 11 is 0. The third kappa shape index (κ3) is 3.31. The summed E-state index contributed by atoms with van der Waals surface area (Å²) in [5.41, 5.74) is 0.104. The number of piperidine rings is 1. The summed E-state index contributed by atoms with van der Waals surface area (Å²) in [6.45, 7) is 1.21. The van der Waals surface area contributed by atoms with Gasteiger partial charge in [-0.2, -0.15) is 5.10 Å². The smallest absolute Gasteiger partial charge is 0.289 e. The highest BCUT2D eigenvalue weighted by Crippen LogP contribution is 2.10. The van der Waals surface area contributed by atoms with Gasteiger partial charge in [0.1, 0.15) is 5.69 Å². The first kappa shape index (κ1) is 13.5. The predicted octanol–water partition coefficient (Wildman–Crippen LogP) is -0.824. The quantitative estimate of drug-likeness (QED) is 0.746. The Bertz CT molecular complexity index is 506. The lowest BCUT2D eigenvalue weighted by molar-refractivity contribution is -0.131. The second-order valence-corrected chi connectivity index (χ2v) is 4.64. The molecule has 0 aromatic carbocycles. The second kappa shape index (κ2) is 5.83. The molecule has 2 rings (SSSR count). The van der Waals surface area contributed by atoms with Gasteiger partial charge >= 0.3 is 0 Å². The normalized spacial score (nSPS) is 16.4. The maximum absolute atomic E-state index is 11.9. The van der Waals surface area contributed by atoms with Crippen molar-refractivity contribution in [2.75, 3.05) is 25.0 Å². The van der Waals surface area contributed by atoms with E-state index in [-0.39, 0.29) is 24.1 Å². The van der Waals surface area contributed by atoms with Gasteiger partial charge in [-0.25, -0.2) is 4.68 Å². The minimum atomic E-state index is -0.301. The maximum Gasteiger partial charge on any atom is 0.289 e. The van der Waals surface area contributed by atoms with Crippen LogP contribution in [0.5, 0.6) is 0 Å². The zero-order valence-corrected chi connectivity index (χ0v) is 10.9. The van der Waals surface area contributed by atoms with Gasteiger partial charge in [-0.3, -0.25) is 9.59 Å². The summed E-state index contributed by atoms with van der Waals surface area (Å²) < 4.78 is 1.21. The predicted molar refractivity (Wildman–Crippen MR) is 69.8 cm³/mol. The van der Waals surface area contributed by atoms with E-state index >= 15 is 0 Å². The minimum Gasteiger partial charge on any atom is -0.393 e. The zero-order valence-electron chi connectivity index (χ0n) is 10.9. The highest BCUT2D eigenvalue weighted by molar-refractivity contribution is 5.80. The molecule has 1 aliphatic rings. The van der Waals surface area contributed by atoms with Gasteiger partial charge < -0.3 is 15.3 Å². The Morgan fingerprint density at radius 1 is 1.53 bits per heavy atom. The van der Waals surface area contributed by atoms with Crippen LogP contribution in [-0.2, 0) is 11.8 Å². The van der Waals surface area contributed by atoms with Crippen LogP contribution >= 0.6 is 0 Å². The molecule has 1 aromatic heterocycles. The van der Waals surface area contributed by atoms with Crippen LogP contribution in [0.4, 0.5) is 5.69 Å². The molecule has 0 unspecified atom stereocenters. The third-order valence-electron chi connectivity index (χ3n) is 3.25. The van der Waals surface area contributed by atoms with E-state index in [1.54, 1.807) is 18.0 Å². The van der Waals surface area contributed by atoms with Crippen LogP contribution < -0.4 is 10.9 Å². The zero-order chi connectivity index (χ0) is 13.8. The van der Waals surface area contributed by atoms with Gasteiger partial charge in [0.05, 0.1) is 12.6 Å².